The number of aromatic nitrogens is 1. The van der Waals surface area contributed by atoms with Gasteiger partial charge in [-0.25, -0.2) is 0 Å². The monoisotopic (exact) mass is 302 g/mol. The maximum atomic E-state index is 11.2. The molecule has 1 N–H and O–H groups in total. The average Bonchev–Trinajstić information content (AvgIpc) is 2.88. The van der Waals surface area contributed by atoms with Gasteiger partial charge in [0.2, 0.25) is 5.91 Å². The normalized spacial score (nSPS) is 19.6. The molecule has 0 aliphatic carbocycles. The lowest BCUT2D eigenvalue weighted by Crippen LogP contribution is -2.41. The molecule has 1 aromatic carbocycles. The summed E-state index contributed by atoms with van der Waals surface area (Å²) in [4.78, 5) is 11.2. The molecule has 1 fully saturated rings. The summed E-state index contributed by atoms with van der Waals surface area (Å²) in [5.41, 5.74) is 0.661. The molecule has 1 saturated heterocycles. The van der Waals surface area contributed by atoms with E-state index in [0.29, 0.717) is 11.4 Å². The van der Waals surface area contributed by atoms with Crippen LogP contribution < -0.4 is 10.8 Å². The summed E-state index contributed by atoms with van der Waals surface area (Å²) < 4.78 is 17.3. The summed E-state index contributed by atoms with van der Waals surface area (Å²) in [5, 5.41) is 7.25. The molecule has 0 atom stereocenters. The van der Waals surface area contributed by atoms with Crippen molar-refractivity contribution < 1.29 is 18.6 Å². The molecule has 0 bridgehead atoms. The van der Waals surface area contributed by atoms with Crippen LogP contribution in [0.5, 0.6) is 0 Å². The van der Waals surface area contributed by atoms with Gasteiger partial charge in [0.1, 0.15) is 0 Å². The van der Waals surface area contributed by atoms with E-state index in [9.17, 15) is 4.79 Å². The van der Waals surface area contributed by atoms with Crippen LogP contribution in [0.3, 0.4) is 0 Å². The molecule has 2 aromatic rings. The Balaban J connectivity index is 1.97. The van der Waals surface area contributed by atoms with Crippen molar-refractivity contribution >= 4 is 35.3 Å². The first-order chi connectivity index (χ1) is 10.2. The van der Waals surface area contributed by atoms with E-state index in [2.05, 4.69) is 10.5 Å². The number of nitrogens with zero attached hydrogens (tertiary/aromatic N) is 1. The zero-order chi connectivity index (χ0) is 16.1. The number of carbonyl (C=O) groups is 1. The summed E-state index contributed by atoms with van der Waals surface area (Å²) >= 11 is 0. The Bertz CT molecular complexity index is 722. The molecular weight excluding hydrogens is 283 g/mol. The summed E-state index contributed by atoms with van der Waals surface area (Å²) in [6, 6.07) is 5.56. The van der Waals surface area contributed by atoms with Crippen molar-refractivity contribution in [1.29, 1.82) is 0 Å². The molecule has 7 heteroatoms. The summed E-state index contributed by atoms with van der Waals surface area (Å²) in [6.45, 7) is 9.46. The molecule has 0 unspecified atom stereocenters. The number of nitrogens with one attached hydrogen (secondary N) is 1. The second-order valence-electron chi connectivity index (χ2n) is 6.56. The van der Waals surface area contributed by atoms with Gasteiger partial charge in [0.05, 0.1) is 16.6 Å². The topological polar surface area (TPSA) is 73.6 Å². The van der Waals surface area contributed by atoms with Gasteiger partial charge in [-0.05, 0) is 45.3 Å². The Kier molecular flexibility index (Phi) is 3.30. The number of carbonyl (C=O) groups excluding carboxylic acids is 1. The Hall–Kier alpha value is -1.86. The molecule has 1 amide bonds. The Morgan fingerprint density at radius 3 is 2.41 bits per heavy atom. The minimum absolute atomic E-state index is 0.198. The quantitative estimate of drug-likeness (QED) is 0.860. The number of benzene rings is 1. The van der Waals surface area contributed by atoms with E-state index < -0.39 is 18.3 Å². The van der Waals surface area contributed by atoms with Crippen LogP contribution in [0.1, 0.15) is 34.6 Å². The van der Waals surface area contributed by atoms with Crippen molar-refractivity contribution in [2.75, 3.05) is 5.32 Å². The van der Waals surface area contributed by atoms with Crippen LogP contribution in [0.25, 0.3) is 11.0 Å². The van der Waals surface area contributed by atoms with E-state index in [1.807, 2.05) is 39.8 Å². The van der Waals surface area contributed by atoms with E-state index in [0.717, 1.165) is 10.8 Å². The lowest BCUT2D eigenvalue weighted by molar-refractivity contribution is -0.114. The van der Waals surface area contributed by atoms with Gasteiger partial charge < -0.3 is 19.1 Å². The molecule has 1 aliphatic heterocycles. The smallest absolute Gasteiger partial charge is 0.399 e. The van der Waals surface area contributed by atoms with Crippen molar-refractivity contribution in [3.63, 3.8) is 0 Å². The number of fused-ring (bicyclic) bond motifs is 1. The SMILES string of the molecule is CC(=O)Nc1noc2ccc(B3OC(C)(C)C(C)(C)O3)cc12. The molecule has 1 aromatic heterocycles. The van der Waals surface area contributed by atoms with Gasteiger partial charge in [0.25, 0.3) is 0 Å². The predicted molar refractivity (Wildman–Crippen MR) is 84.0 cm³/mol. The molecule has 0 spiro atoms. The fourth-order valence-electron chi connectivity index (χ4n) is 2.34. The summed E-state index contributed by atoms with van der Waals surface area (Å²) in [7, 11) is -0.463. The van der Waals surface area contributed by atoms with Crippen molar-refractivity contribution in [2.45, 2.75) is 45.8 Å². The molecule has 3 rings (SSSR count). The first kappa shape index (κ1) is 15.1. The molecule has 0 saturated carbocycles. The number of anilines is 1. The zero-order valence-electron chi connectivity index (χ0n) is 13.4. The summed E-state index contributed by atoms with van der Waals surface area (Å²) in [6.07, 6.45) is 0. The maximum Gasteiger partial charge on any atom is 0.494 e. The minimum atomic E-state index is -0.463. The third kappa shape index (κ3) is 2.40. The maximum absolute atomic E-state index is 11.2. The van der Waals surface area contributed by atoms with Crippen molar-refractivity contribution in [3.8, 4) is 0 Å². The van der Waals surface area contributed by atoms with Gasteiger partial charge in [-0.3, -0.25) is 4.79 Å². The molecule has 1 aliphatic rings. The molecule has 0 radical (unpaired) electrons. The van der Waals surface area contributed by atoms with Crippen LogP contribution in [0, 0.1) is 0 Å². The molecule has 2 heterocycles. The van der Waals surface area contributed by atoms with Crippen LogP contribution in [-0.4, -0.2) is 29.4 Å². The Labute approximate surface area is 129 Å². The third-order valence-electron chi connectivity index (χ3n) is 4.31. The van der Waals surface area contributed by atoms with Crippen LogP contribution in [0.2, 0.25) is 0 Å². The zero-order valence-corrected chi connectivity index (χ0v) is 13.4. The van der Waals surface area contributed by atoms with Crippen molar-refractivity contribution in [3.05, 3.63) is 18.2 Å². The molecule has 22 heavy (non-hydrogen) atoms. The van der Waals surface area contributed by atoms with Crippen molar-refractivity contribution in [2.24, 2.45) is 0 Å². The number of hydrogen-bond acceptors (Lipinski definition) is 5. The van der Waals surface area contributed by atoms with E-state index in [-0.39, 0.29) is 5.91 Å². The highest BCUT2D eigenvalue weighted by Crippen LogP contribution is 2.36. The lowest BCUT2D eigenvalue weighted by Gasteiger charge is -2.32. The average molecular weight is 302 g/mol. The van der Waals surface area contributed by atoms with E-state index >= 15 is 0 Å². The van der Waals surface area contributed by atoms with Gasteiger partial charge in [-0.15, -0.1) is 0 Å². The minimum Gasteiger partial charge on any atom is -0.399 e. The number of amides is 1. The highest BCUT2D eigenvalue weighted by atomic mass is 16.7. The van der Waals surface area contributed by atoms with Crippen LogP contribution in [0.15, 0.2) is 22.7 Å². The molecule has 116 valence electrons. The van der Waals surface area contributed by atoms with Gasteiger partial charge in [-0.2, -0.15) is 0 Å². The highest BCUT2D eigenvalue weighted by molar-refractivity contribution is 6.62. The van der Waals surface area contributed by atoms with Crippen LogP contribution in [0.4, 0.5) is 5.82 Å². The second-order valence-corrected chi connectivity index (χ2v) is 6.56. The Morgan fingerprint density at radius 2 is 1.82 bits per heavy atom. The third-order valence-corrected chi connectivity index (χ3v) is 4.31. The molecular formula is C15H19BN2O4. The van der Waals surface area contributed by atoms with Gasteiger partial charge in [-0.1, -0.05) is 11.2 Å². The van der Waals surface area contributed by atoms with E-state index in [1.165, 1.54) is 6.92 Å². The Morgan fingerprint density at radius 1 is 1.18 bits per heavy atom. The highest BCUT2D eigenvalue weighted by Gasteiger charge is 2.51. The largest absolute Gasteiger partial charge is 0.494 e. The lowest BCUT2D eigenvalue weighted by atomic mass is 9.78. The van der Waals surface area contributed by atoms with Gasteiger partial charge in [0, 0.05) is 6.92 Å². The predicted octanol–water partition coefficient (Wildman–Crippen LogP) is 2.09. The van der Waals surface area contributed by atoms with E-state index in [1.54, 1.807) is 6.07 Å². The summed E-state index contributed by atoms with van der Waals surface area (Å²) in [5.74, 6) is 0.206. The van der Waals surface area contributed by atoms with E-state index in [4.69, 9.17) is 13.8 Å². The van der Waals surface area contributed by atoms with Crippen molar-refractivity contribution in [1.82, 2.24) is 5.16 Å². The number of rotatable bonds is 2. The van der Waals surface area contributed by atoms with Crippen LogP contribution >= 0.6 is 0 Å². The molecule has 6 nitrogen and oxygen atoms in total. The standard InChI is InChI=1S/C15H19BN2O4/c1-9(19)17-13-11-8-10(6-7-12(11)20-18-13)16-21-14(2,3)15(4,5)22-16/h6-8H,1-5H3,(H,17,18,19). The van der Waals surface area contributed by atoms with Gasteiger partial charge in [0.15, 0.2) is 11.4 Å². The van der Waals surface area contributed by atoms with Gasteiger partial charge >= 0.3 is 7.12 Å². The first-order valence-electron chi connectivity index (χ1n) is 7.22. The second kappa shape index (κ2) is 4.82. The first-order valence-corrected chi connectivity index (χ1v) is 7.22. The fraction of sp³-hybridized carbons (Fsp3) is 0.467. The number of hydrogen-bond donors (Lipinski definition) is 1. The fourth-order valence-corrected chi connectivity index (χ4v) is 2.34. The van der Waals surface area contributed by atoms with Crippen LogP contribution in [-0.2, 0) is 14.1 Å².